The molecule has 56 heavy (non-hydrogen) atoms. The molecule has 0 saturated carbocycles. The molecule has 0 unspecified atom stereocenters. The highest BCUT2D eigenvalue weighted by Gasteiger charge is 2.24. The topological polar surface area (TPSA) is 26.3 Å². The molecule has 2 heterocycles. The van der Waals surface area contributed by atoms with Crippen LogP contribution in [0.25, 0.3) is 121 Å². The van der Waals surface area contributed by atoms with Crippen LogP contribution in [0.5, 0.6) is 0 Å². The Morgan fingerprint density at radius 2 is 0.839 bits per heavy atom. The highest BCUT2D eigenvalue weighted by Crippen LogP contribution is 2.49. The van der Waals surface area contributed by atoms with Crippen LogP contribution in [-0.4, -0.2) is 0 Å². The fourth-order valence-electron chi connectivity index (χ4n) is 9.25. The zero-order chi connectivity index (χ0) is 36.7. The molecule has 0 N–H and O–H groups in total. The molecule has 0 spiro atoms. The van der Waals surface area contributed by atoms with Gasteiger partial charge in [0.15, 0.2) is 0 Å². The fourth-order valence-corrected chi connectivity index (χ4v) is 9.25. The zero-order valence-corrected chi connectivity index (χ0v) is 30.3. The van der Waals surface area contributed by atoms with E-state index in [-0.39, 0.29) is 0 Å². The van der Waals surface area contributed by atoms with Gasteiger partial charge in [-0.05, 0) is 101 Å². The summed E-state index contributed by atoms with van der Waals surface area (Å²) in [7, 11) is 0. The van der Waals surface area contributed by atoms with Crippen LogP contribution in [0.3, 0.4) is 0 Å². The molecule has 0 fully saturated rings. The molecule has 10 aromatic carbocycles. The lowest BCUT2D eigenvalue weighted by atomic mass is 9.83. The van der Waals surface area contributed by atoms with Crippen LogP contribution >= 0.6 is 0 Å². The lowest BCUT2D eigenvalue weighted by Gasteiger charge is -2.19. The molecular weight excluding hydrogens is 681 g/mol. The smallest absolute Gasteiger partial charge is 0.147 e. The van der Waals surface area contributed by atoms with Crippen molar-refractivity contribution < 1.29 is 8.83 Å². The van der Waals surface area contributed by atoms with E-state index in [9.17, 15) is 0 Å². The van der Waals surface area contributed by atoms with Gasteiger partial charge in [-0.3, -0.25) is 0 Å². The van der Waals surface area contributed by atoms with E-state index < -0.39 is 0 Å². The van der Waals surface area contributed by atoms with Crippen molar-refractivity contribution in [2.24, 2.45) is 0 Å². The first-order chi connectivity index (χ1) is 27.8. The average Bonchev–Trinajstić information content (AvgIpc) is 3.84. The second kappa shape index (κ2) is 12.0. The van der Waals surface area contributed by atoms with Gasteiger partial charge in [-0.1, -0.05) is 164 Å². The van der Waals surface area contributed by atoms with Crippen molar-refractivity contribution in [1.82, 2.24) is 0 Å². The van der Waals surface area contributed by atoms with Crippen molar-refractivity contribution in [1.29, 1.82) is 0 Å². The second-order valence-electron chi connectivity index (χ2n) is 14.7. The Kier molecular flexibility index (Phi) is 6.66. The highest BCUT2D eigenvalue weighted by atomic mass is 16.3. The maximum absolute atomic E-state index is 6.98. The van der Waals surface area contributed by atoms with E-state index in [1.165, 1.54) is 59.8 Å². The van der Waals surface area contributed by atoms with E-state index in [2.05, 4.69) is 188 Å². The van der Waals surface area contributed by atoms with Crippen LogP contribution in [0.1, 0.15) is 0 Å². The van der Waals surface area contributed by atoms with Crippen LogP contribution in [0.15, 0.2) is 203 Å². The minimum atomic E-state index is 0.811. The predicted octanol–water partition coefficient (Wildman–Crippen LogP) is 15.6. The Bertz CT molecular complexity index is 3460. The number of furan rings is 2. The SMILES string of the molecule is c1ccc(-c2oc3c(ccc4oc5ccc(-c6c7ccccc7c(-c7cc8ccccc8c8ccccc78)c7ccccc67)cc5c43)c2-c2ccccc2)cc1. The van der Waals surface area contributed by atoms with E-state index >= 15 is 0 Å². The summed E-state index contributed by atoms with van der Waals surface area (Å²) < 4.78 is 13.6. The Morgan fingerprint density at radius 1 is 0.286 bits per heavy atom. The molecule has 0 saturated heterocycles. The summed E-state index contributed by atoms with van der Waals surface area (Å²) in [4.78, 5) is 0. The van der Waals surface area contributed by atoms with Crippen LogP contribution in [0, 0.1) is 0 Å². The zero-order valence-electron chi connectivity index (χ0n) is 30.3. The van der Waals surface area contributed by atoms with Gasteiger partial charge in [-0.15, -0.1) is 0 Å². The third-order valence-corrected chi connectivity index (χ3v) is 11.6. The molecule has 2 heteroatoms. The first kappa shape index (κ1) is 31.0. The molecule has 2 aromatic heterocycles. The van der Waals surface area contributed by atoms with E-state index in [0.717, 1.165) is 60.9 Å². The molecule has 0 aliphatic carbocycles. The summed E-state index contributed by atoms with van der Waals surface area (Å²) in [6.07, 6.45) is 0. The largest absolute Gasteiger partial charge is 0.456 e. The van der Waals surface area contributed by atoms with Crippen LogP contribution < -0.4 is 0 Å². The maximum Gasteiger partial charge on any atom is 0.147 e. The lowest BCUT2D eigenvalue weighted by Crippen LogP contribution is -1.92. The summed E-state index contributed by atoms with van der Waals surface area (Å²) in [5.74, 6) is 0.860. The Balaban J connectivity index is 1.15. The molecule has 0 atom stereocenters. The third kappa shape index (κ3) is 4.50. The van der Waals surface area contributed by atoms with Gasteiger partial charge >= 0.3 is 0 Å². The van der Waals surface area contributed by atoms with E-state index in [0.29, 0.717) is 0 Å². The summed E-state index contributed by atoms with van der Waals surface area (Å²) in [6.45, 7) is 0. The predicted molar refractivity (Wildman–Crippen MR) is 235 cm³/mol. The maximum atomic E-state index is 6.98. The first-order valence-corrected chi connectivity index (χ1v) is 19.2. The standard InChI is InChI=1S/C54H32O2/c1-3-15-33(16-4-1)50-44-28-30-48-52(54(44)56-53(50)34-17-5-2-6-18-34)46-32-36(27-29-47(46)55-48)49-40-23-11-13-25-42(40)51(43-26-14-12-24-41(43)49)45-31-35-19-7-8-20-37(35)38-21-9-10-22-39(38)45/h1-32H. The second-order valence-corrected chi connectivity index (χ2v) is 14.7. The Hall–Kier alpha value is -7.42. The van der Waals surface area contributed by atoms with E-state index in [1.54, 1.807) is 0 Å². The lowest BCUT2D eigenvalue weighted by molar-refractivity contribution is 0.634. The van der Waals surface area contributed by atoms with Gasteiger partial charge in [-0.2, -0.15) is 0 Å². The third-order valence-electron chi connectivity index (χ3n) is 11.6. The van der Waals surface area contributed by atoms with Gasteiger partial charge in [-0.25, -0.2) is 0 Å². The van der Waals surface area contributed by atoms with Crippen LogP contribution in [-0.2, 0) is 0 Å². The highest BCUT2D eigenvalue weighted by molar-refractivity contribution is 6.27. The van der Waals surface area contributed by atoms with Crippen molar-refractivity contribution in [3.8, 4) is 44.7 Å². The van der Waals surface area contributed by atoms with Crippen molar-refractivity contribution >= 4 is 76.0 Å². The number of rotatable bonds is 4. The minimum absolute atomic E-state index is 0.811. The molecular formula is C54H32O2. The molecule has 12 aromatic rings. The quantitative estimate of drug-likeness (QED) is 0.134. The van der Waals surface area contributed by atoms with Crippen LogP contribution in [0.2, 0.25) is 0 Å². The number of benzene rings is 10. The normalized spacial score (nSPS) is 11.9. The van der Waals surface area contributed by atoms with Crippen molar-refractivity contribution in [3.63, 3.8) is 0 Å². The van der Waals surface area contributed by atoms with Gasteiger partial charge in [0, 0.05) is 21.9 Å². The van der Waals surface area contributed by atoms with E-state index in [1.807, 2.05) is 6.07 Å². The number of hydrogen-bond acceptors (Lipinski definition) is 2. The number of fused-ring (bicyclic) bond motifs is 10. The molecule has 2 nitrogen and oxygen atoms in total. The Morgan fingerprint density at radius 3 is 1.54 bits per heavy atom. The van der Waals surface area contributed by atoms with Gasteiger partial charge in [0.25, 0.3) is 0 Å². The van der Waals surface area contributed by atoms with Gasteiger partial charge in [0.1, 0.15) is 22.5 Å². The van der Waals surface area contributed by atoms with Gasteiger partial charge in [0.05, 0.1) is 5.39 Å². The molecule has 12 rings (SSSR count). The average molecular weight is 713 g/mol. The fraction of sp³-hybridized carbons (Fsp3) is 0. The molecule has 0 aliphatic heterocycles. The molecule has 0 aliphatic rings. The molecule has 260 valence electrons. The molecule has 0 radical (unpaired) electrons. The van der Waals surface area contributed by atoms with Gasteiger partial charge < -0.3 is 8.83 Å². The summed E-state index contributed by atoms with van der Waals surface area (Å²) >= 11 is 0. The summed E-state index contributed by atoms with van der Waals surface area (Å²) in [5.41, 5.74) is 10.6. The Labute approximate surface area is 322 Å². The molecule has 0 amide bonds. The summed E-state index contributed by atoms with van der Waals surface area (Å²) in [6, 6.07) is 69.6. The first-order valence-electron chi connectivity index (χ1n) is 19.2. The minimum Gasteiger partial charge on any atom is -0.456 e. The van der Waals surface area contributed by atoms with Crippen molar-refractivity contribution in [2.75, 3.05) is 0 Å². The van der Waals surface area contributed by atoms with Crippen molar-refractivity contribution in [3.05, 3.63) is 194 Å². The van der Waals surface area contributed by atoms with E-state index in [4.69, 9.17) is 8.83 Å². The monoisotopic (exact) mass is 712 g/mol. The summed E-state index contributed by atoms with van der Waals surface area (Å²) in [5, 5.41) is 13.0. The number of hydrogen-bond donors (Lipinski definition) is 0. The van der Waals surface area contributed by atoms with Gasteiger partial charge in [0.2, 0.25) is 0 Å². The van der Waals surface area contributed by atoms with Crippen LogP contribution in [0.4, 0.5) is 0 Å². The molecule has 0 bridgehead atoms. The van der Waals surface area contributed by atoms with Crippen molar-refractivity contribution in [2.45, 2.75) is 0 Å².